The van der Waals surface area contributed by atoms with E-state index in [-0.39, 0.29) is 0 Å². The fraction of sp³-hybridized carbons (Fsp3) is 0.583. The third-order valence-electron chi connectivity index (χ3n) is 2.77. The fourth-order valence-electron chi connectivity index (χ4n) is 1.93. The van der Waals surface area contributed by atoms with Gasteiger partial charge in [0.05, 0.1) is 7.11 Å². The van der Waals surface area contributed by atoms with Crippen molar-refractivity contribution in [2.45, 2.75) is 42.2 Å². The van der Waals surface area contributed by atoms with Crippen LogP contribution in [0, 0.1) is 0 Å². The highest BCUT2D eigenvalue weighted by Gasteiger charge is 2.14. The largest absolute Gasteiger partial charge is 0.481 e. The molecule has 1 aromatic rings. The lowest BCUT2D eigenvalue weighted by Gasteiger charge is -2.20. The first-order valence-corrected chi connectivity index (χ1v) is 6.43. The summed E-state index contributed by atoms with van der Waals surface area (Å²) >= 11 is 1.97. The molecule has 0 saturated heterocycles. The monoisotopic (exact) mass is 223 g/mol. The van der Waals surface area contributed by atoms with Crippen LogP contribution in [0.5, 0.6) is 5.88 Å². The summed E-state index contributed by atoms with van der Waals surface area (Å²) < 4.78 is 5.04. The Morgan fingerprint density at radius 3 is 2.67 bits per heavy atom. The molecule has 2 nitrogen and oxygen atoms in total. The van der Waals surface area contributed by atoms with Crippen LogP contribution in [0.2, 0.25) is 0 Å². The van der Waals surface area contributed by atoms with Gasteiger partial charge in [-0.3, -0.25) is 0 Å². The van der Waals surface area contributed by atoms with Gasteiger partial charge < -0.3 is 4.74 Å². The number of aromatic nitrogens is 1. The van der Waals surface area contributed by atoms with Crippen molar-refractivity contribution in [3.8, 4) is 5.88 Å². The summed E-state index contributed by atoms with van der Waals surface area (Å²) in [5, 5.41) is 0.800. The van der Waals surface area contributed by atoms with Crippen molar-refractivity contribution in [2.24, 2.45) is 0 Å². The van der Waals surface area contributed by atoms with E-state index in [4.69, 9.17) is 4.74 Å². The van der Waals surface area contributed by atoms with Crippen molar-refractivity contribution in [1.29, 1.82) is 0 Å². The maximum Gasteiger partial charge on any atom is 0.212 e. The van der Waals surface area contributed by atoms with E-state index in [9.17, 15) is 0 Å². The van der Waals surface area contributed by atoms with Crippen molar-refractivity contribution in [2.75, 3.05) is 7.11 Å². The quantitative estimate of drug-likeness (QED) is 0.782. The Balaban J connectivity index is 1.91. The number of pyridine rings is 1. The molecule has 1 saturated carbocycles. The van der Waals surface area contributed by atoms with Gasteiger partial charge in [-0.25, -0.2) is 4.98 Å². The Bertz CT molecular complexity index is 293. The zero-order chi connectivity index (χ0) is 10.5. The summed E-state index contributed by atoms with van der Waals surface area (Å²) in [6, 6.07) is 4.04. The second-order valence-corrected chi connectivity index (χ2v) is 5.29. The Kier molecular flexibility index (Phi) is 3.89. The van der Waals surface area contributed by atoms with E-state index >= 15 is 0 Å². The zero-order valence-corrected chi connectivity index (χ0v) is 9.93. The van der Waals surface area contributed by atoms with Gasteiger partial charge in [0.2, 0.25) is 5.88 Å². The lowest BCUT2D eigenvalue weighted by atomic mass is 10.0. The maximum atomic E-state index is 5.04. The zero-order valence-electron chi connectivity index (χ0n) is 9.11. The molecular formula is C12H17NOS. The molecule has 0 aromatic carbocycles. The molecule has 0 atom stereocenters. The molecule has 2 rings (SSSR count). The van der Waals surface area contributed by atoms with Gasteiger partial charge in [-0.1, -0.05) is 19.3 Å². The van der Waals surface area contributed by atoms with Gasteiger partial charge in [-0.15, -0.1) is 11.8 Å². The Morgan fingerprint density at radius 1 is 1.27 bits per heavy atom. The van der Waals surface area contributed by atoms with Gasteiger partial charge in [0.1, 0.15) is 0 Å². The van der Waals surface area contributed by atoms with Crippen LogP contribution in [0.15, 0.2) is 23.2 Å². The summed E-state index contributed by atoms with van der Waals surface area (Å²) in [5.41, 5.74) is 0. The molecule has 0 aliphatic heterocycles. The summed E-state index contributed by atoms with van der Waals surface area (Å²) in [4.78, 5) is 5.49. The first-order chi connectivity index (χ1) is 7.38. The minimum Gasteiger partial charge on any atom is -0.481 e. The molecule has 15 heavy (non-hydrogen) atoms. The highest BCUT2D eigenvalue weighted by Crippen LogP contribution is 2.33. The van der Waals surface area contributed by atoms with E-state index < -0.39 is 0 Å². The second-order valence-electron chi connectivity index (χ2n) is 3.91. The summed E-state index contributed by atoms with van der Waals surface area (Å²) in [5.74, 6) is 0.697. The SMILES string of the molecule is COc1ccc(SC2CCCCC2)cn1. The molecule has 82 valence electrons. The summed E-state index contributed by atoms with van der Waals surface area (Å²) in [7, 11) is 1.65. The third-order valence-corrected chi connectivity index (χ3v) is 4.09. The first-order valence-electron chi connectivity index (χ1n) is 5.55. The molecule has 0 radical (unpaired) electrons. The van der Waals surface area contributed by atoms with Crippen molar-refractivity contribution in [3.05, 3.63) is 18.3 Å². The molecule has 1 aliphatic rings. The smallest absolute Gasteiger partial charge is 0.212 e. The summed E-state index contributed by atoms with van der Waals surface area (Å²) in [6.07, 6.45) is 8.83. The van der Waals surface area contributed by atoms with E-state index in [0.717, 1.165) is 5.25 Å². The minimum absolute atomic E-state index is 0.697. The van der Waals surface area contributed by atoms with E-state index in [1.54, 1.807) is 7.11 Å². The number of ether oxygens (including phenoxy) is 1. The van der Waals surface area contributed by atoms with Crippen LogP contribution in [0.3, 0.4) is 0 Å². The number of hydrogen-bond acceptors (Lipinski definition) is 3. The number of nitrogens with zero attached hydrogens (tertiary/aromatic N) is 1. The fourth-order valence-corrected chi connectivity index (χ4v) is 3.15. The van der Waals surface area contributed by atoms with Crippen LogP contribution < -0.4 is 4.74 Å². The molecule has 3 heteroatoms. The lowest BCUT2D eigenvalue weighted by Crippen LogP contribution is -2.07. The van der Waals surface area contributed by atoms with E-state index in [0.29, 0.717) is 5.88 Å². The highest BCUT2D eigenvalue weighted by atomic mass is 32.2. The Morgan fingerprint density at radius 2 is 2.07 bits per heavy atom. The van der Waals surface area contributed by atoms with Gasteiger partial charge in [0.15, 0.2) is 0 Å². The summed E-state index contributed by atoms with van der Waals surface area (Å²) in [6.45, 7) is 0. The van der Waals surface area contributed by atoms with E-state index in [1.165, 1.54) is 37.0 Å². The Labute approximate surface area is 95.4 Å². The van der Waals surface area contributed by atoms with Crippen LogP contribution in [0.25, 0.3) is 0 Å². The molecule has 0 amide bonds. The van der Waals surface area contributed by atoms with E-state index in [2.05, 4.69) is 11.1 Å². The van der Waals surface area contributed by atoms with Crippen LogP contribution >= 0.6 is 11.8 Å². The molecule has 1 fully saturated rings. The molecule has 1 aliphatic carbocycles. The number of methoxy groups -OCH3 is 1. The standard InChI is InChI=1S/C12H17NOS/c1-14-12-8-7-11(9-13-12)15-10-5-3-2-4-6-10/h7-10H,2-6H2,1H3. The van der Waals surface area contributed by atoms with Crippen LogP contribution in [0.4, 0.5) is 0 Å². The van der Waals surface area contributed by atoms with Crippen molar-refractivity contribution in [3.63, 3.8) is 0 Å². The van der Waals surface area contributed by atoms with Crippen LogP contribution in [-0.2, 0) is 0 Å². The van der Waals surface area contributed by atoms with Crippen molar-refractivity contribution < 1.29 is 4.74 Å². The molecule has 0 spiro atoms. The normalized spacial score (nSPS) is 17.7. The average molecular weight is 223 g/mol. The van der Waals surface area contributed by atoms with Crippen molar-refractivity contribution >= 4 is 11.8 Å². The number of thioether (sulfide) groups is 1. The molecule has 0 N–H and O–H groups in total. The van der Waals surface area contributed by atoms with Gasteiger partial charge in [0, 0.05) is 22.4 Å². The predicted octanol–water partition coefficient (Wildman–Crippen LogP) is 3.52. The topological polar surface area (TPSA) is 22.1 Å². The van der Waals surface area contributed by atoms with Crippen LogP contribution in [-0.4, -0.2) is 17.3 Å². The minimum atomic E-state index is 0.697. The van der Waals surface area contributed by atoms with E-state index in [1.807, 2.05) is 24.0 Å². The molecule has 1 aromatic heterocycles. The number of rotatable bonds is 3. The molecule has 0 bridgehead atoms. The Hall–Kier alpha value is -0.700. The third kappa shape index (κ3) is 3.13. The average Bonchev–Trinajstić information content (AvgIpc) is 2.31. The molecule has 0 unspecified atom stereocenters. The van der Waals surface area contributed by atoms with Crippen LogP contribution in [0.1, 0.15) is 32.1 Å². The maximum absolute atomic E-state index is 5.04. The number of hydrogen-bond donors (Lipinski definition) is 0. The van der Waals surface area contributed by atoms with Gasteiger partial charge in [-0.2, -0.15) is 0 Å². The van der Waals surface area contributed by atoms with Gasteiger partial charge >= 0.3 is 0 Å². The predicted molar refractivity (Wildman–Crippen MR) is 63.5 cm³/mol. The molecular weight excluding hydrogens is 206 g/mol. The van der Waals surface area contributed by atoms with Gasteiger partial charge in [0.25, 0.3) is 0 Å². The molecule has 1 heterocycles. The first kappa shape index (κ1) is 10.8. The van der Waals surface area contributed by atoms with Gasteiger partial charge in [-0.05, 0) is 18.9 Å². The van der Waals surface area contributed by atoms with Crippen molar-refractivity contribution in [1.82, 2.24) is 4.98 Å². The lowest BCUT2D eigenvalue weighted by molar-refractivity contribution is 0.397. The second kappa shape index (κ2) is 5.40. The highest BCUT2D eigenvalue weighted by molar-refractivity contribution is 8.00.